The zero-order valence-electron chi connectivity index (χ0n) is 13.1. The molecule has 0 unspecified atom stereocenters. The summed E-state index contributed by atoms with van der Waals surface area (Å²) in [5, 5.41) is 1.07. The standard InChI is InChI=1S/C15H6BrCl3F3NO2S3/c16-7-5-11(27-14(7)19)28(24,25)23-10-1-2-26-13(10)12-8(17)3-6(4-9(12)18)15(20,21)22/h1-5,23H. The average molecular weight is 572 g/mol. The van der Waals surface area contributed by atoms with E-state index in [1.807, 2.05) is 0 Å². The molecule has 3 aromatic rings. The summed E-state index contributed by atoms with van der Waals surface area (Å²) in [7, 11) is -3.98. The normalized spacial score (nSPS) is 12.4. The highest BCUT2D eigenvalue weighted by molar-refractivity contribution is 9.10. The van der Waals surface area contributed by atoms with Crippen LogP contribution in [0.3, 0.4) is 0 Å². The van der Waals surface area contributed by atoms with Gasteiger partial charge in [-0.2, -0.15) is 13.2 Å². The fourth-order valence-corrected chi connectivity index (χ4v) is 7.34. The minimum Gasteiger partial charge on any atom is -0.277 e. The molecule has 0 aliphatic heterocycles. The first-order chi connectivity index (χ1) is 12.9. The molecule has 1 aromatic carbocycles. The topological polar surface area (TPSA) is 46.2 Å². The highest BCUT2D eigenvalue weighted by atomic mass is 79.9. The second kappa shape index (κ2) is 7.98. The quantitative estimate of drug-likeness (QED) is 0.345. The predicted octanol–water partition coefficient (Wildman–Crippen LogP) is 8.02. The molecule has 150 valence electrons. The van der Waals surface area contributed by atoms with E-state index in [1.165, 1.54) is 12.1 Å². The molecular formula is C15H6BrCl3F3NO2S3. The van der Waals surface area contributed by atoms with Crippen LogP contribution in [0.1, 0.15) is 5.56 Å². The lowest BCUT2D eigenvalue weighted by Crippen LogP contribution is -2.11. The van der Waals surface area contributed by atoms with Crippen molar-refractivity contribution in [2.75, 3.05) is 4.72 Å². The van der Waals surface area contributed by atoms with E-state index < -0.39 is 21.8 Å². The Hall–Kier alpha value is -0.490. The lowest BCUT2D eigenvalue weighted by Gasteiger charge is -2.13. The summed E-state index contributed by atoms with van der Waals surface area (Å²) < 4.78 is 67.1. The monoisotopic (exact) mass is 569 g/mol. The number of hydrogen-bond donors (Lipinski definition) is 1. The minimum absolute atomic E-state index is 0.0360. The maximum Gasteiger partial charge on any atom is 0.416 e. The van der Waals surface area contributed by atoms with E-state index in [4.69, 9.17) is 34.8 Å². The van der Waals surface area contributed by atoms with E-state index in [-0.39, 0.29) is 34.7 Å². The number of alkyl halides is 3. The van der Waals surface area contributed by atoms with Gasteiger partial charge in [0, 0.05) is 10.0 Å². The molecule has 0 aliphatic rings. The number of hydrogen-bond acceptors (Lipinski definition) is 4. The second-order valence-electron chi connectivity index (χ2n) is 5.27. The van der Waals surface area contributed by atoms with Crippen LogP contribution in [0.2, 0.25) is 14.4 Å². The van der Waals surface area contributed by atoms with Gasteiger partial charge in [0.15, 0.2) is 0 Å². The van der Waals surface area contributed by atoms with E-state index in [0.717, 1.165) is 34.8 Å². The number of anilines is 1. The molecule has 0 radical (unpaired) electrons. The van der Waals surface area contributed by atoms with Crippen LogP contribution in [0.25, 0.3) is 10.4 Å². The fourth-order valence-electron chi connectivity index (χ4n) is 2.19. The summed E-state index contributed by atoms with van der Waals surface area (Å²) >= 11 is 23.0. The zero-order chi connectivity index (χ0) is 20.9. The lowest BCUT2D eigenvalue weighted by atomic mass is 10.1. The maximum atomic E-state index is 12.9. The molecule has 0 saturated carbocycles. The predicted molar refractivity (Wildman–Crippen MR) is 113 cm³/mol. The molecule has 13 heteroatoms. The summed E-state index contributed by atoms with van der Waals surface area (Å²) in [6.07, 6.45) is -4.61. The number of nitrogens with one attached hydrogen (secondary N) is 1. The third-order valence-corrected chi connectivity index (χ3v) is 9.24. The van der Waals surface area contributed by atoms with Crippen LogP contribution in [0.4, 0.5) is 18.9 Å². The first-order valence-electron chi connectivity index (χ1n) is 7.02. The average Bonchev–Trinajstić information content (AvgIpc) is 3.13. The second-order valence-corrected chi connectivity index (χ2v) is 11.4. The van der Waals surface area contributed by atoms with Crippen molar-refractivity contribution in [2.45, 2.75) is 10.4 Å². The highest BCUT2D eigenvalue weighted by Gasteiger charge is 2.32. The molecule has 0 bridgehead atoms. The summed E-state index contributed by atoms with van der Waals surface area (Å²) in [5.74, 6) is 0. The molecule has 3 nitrogen and oxygen atoms in total. The van der Waals surface area contributed by atoms with Gasteiger partial charge >= 0.3 is 6.18 Å². The van der Waals surface area contributed by atoms with Crippen LogP contribution in [0.15, 0.2) is 38.3 Å². The van der Waals surface area contributed by atoms with Crippen LogP contribution in [0, 0.1) is 0 Å². The smallest absolute Gasteiger partial charge is 0.277 e. The van der Waals surface area contributed by atoms with E-state index in [0.29, 0.717) is 4.47 Å². The van der Waals surface area contributed by atoms with Gasteiger partial charge in [-0.25, -0.2) is 8.42 Å². The Bertz CT molecular complexity index is 1120. The zero-order valence-corrected chi connectivity index (χ0v) is 19.4. The van der Waals surface area contributed by atoms with Gasteiger partial charge in [0.25, 0.3) is 10.0 Å². The molecule has 28 heavy (non-hydrogen) atoms. The van der Waals surface area contributed by atoms with E-state index in [9.17, 15) is 21.6 Å². The SMILES string of the molecule is O=S(=O)(Nc1ccsc1-c1c(Cl)cc(C(F)(F)F)cc1Cl)c1cc(Br)c(Cl)s1. The Morgan fingerprint density at radius 1 is 1.07 bits per heavy atom. The maximum absolute atomic E-state index is 12.9. The third kappa shape index (κ3) is 4.48. The molecule has 0 atom stereocenters. The third-order valence-electron chi connectivity index (χ3n) is 3.39. The van der Waals surface area contributed by atoms with Crippen LogP contribution in [-0.2, 0) is 16.2 Å². The minimum atomic E-state index is -4.61. The first kappa shape index (κ1) is 22.2. The Balaban J connectivity index is 2.03. The molecule has 0 saturated heterocycles. The number of benzene rings is 1. The van der Waals surface area contributed by atoms with Gasteiger partial charge in [-0.15, -0.1) is 22.7 Å². The van der Waals surface area contributed by atoms with Gasteiger partial charge in [0.05, 0.1) is 26.2 Å². The van der Waals surface area contributed by atoms with Gasteiger partial charge in [-0.1, -0.05) is 34.8 Å². The molecule has 1 N–H and O–H groups in total. The molecule has 0 spiro atoms. The number of halogens is 7. The van der Waals surface area contributed by atoms with Crippen molar-refractivity contribution in [1.82, 2.24) is 0 Å². The van der Waals surface area contributed by atoms with Crippen molar-refractivity contribution in [2.24, 2.45) is 0 Å². The van der Waals surface area contributed by atoms with Gasteiger partial charge in [0.2, 0.25) is 0 Å². The molecule has 2 aromatic heterocycles. The number of sulfonamides is 1. The largest absolute Gasteiger partial charge is 0.416 e. The van der Waals surface area contributed by atoms with Crippen LogP contribution < -0.4 is 4.72 Å². The Labute approximate surface area is 189 Å². The Kier molecular flexibility index (Phi) is 6.32. The molecule has 3 rings (SSSR count). The van der Waals surface area contributed by atoms with Crippen molar-refractivity contribution in [1.29, 1.82) is 0 Å². The van der Waals surface area contributed by atoms with Crippen LogP contribution >= 0.6 is 73.4 Å². The molecular weight excluding hydrogens is 566 g/mol. The summed E-state index contributed by atoms with van der Waals surface area (Å²) in [6, 6.07) is 4.31. The van der Waals surface area contributed by atoms with Gasteiger partial charge in [-0.3, -0.25) is 4.72 Å². The summed E-state index contributed by atoms with van der Waals surface area (Å²) in [5.41, 5.74) is -0.758. The number of rotatable bonds is 4. The molecule has 0 amide bonds. The summed E-state index contributed by atoms with van der Waals surface area (Å²) in [6.45, 7) is 0. The van der Waals surface area contributed by atoms with Crippen molar-refractivity contribution >= 4 is 89.1 Å². The summed E-state index contributed by atoms with van der Waals surface area (Å²) in [4.78, 5) is 0.286. The molecule has 0 aliphatic carbocycles. The van der Waals surface area contributed by atoms with Crippen molar-refractivity contribution in [3.63, 3.8) is 0 Å². The molecule has 2 heterocycles. The van der Waals surface area contributed by atoms with Crippen LogP contribution in [0.5, 0.6) is 0 Å². The van der Waals surface area contributed by atoms with Crippen molar-refractivity contribution < 1.29 is 21.6 Å². The first-order valence-corrected chi connectivity index (χ1v) is 12.1. The van der Waals surface area contributed by atoms with E-state index >= 15 is 0 Å². The van der Waals surface area contributed by atoms with Gasteiger partial charge in [0.1, 0.15) is 8.55 Å². The van der Waals surface area contributed by atoms with E-state index in [2.05, 4.69) is 20.7 Å². The fraction of sp³-hybridized carbons (Fsp3) is 0.0667. The number of thiophene rings is 2. The van der Waals surface area contributed by atoms with Crippen molar-refractivity contribution in [3.05, 3.63) is 54.1 Å². The Morgan fingerprint density at radius 3 is 2.18 bits per heavy atom. The Morgan fingerprint density at radius 2 is 1.68 bits per heavy atom. The van der Waals surface area contributed by atoms with E-state index in [1.54, 1.807) is 5.38 Å². The van der Waals surface area contributed by atoms with Crippen molar-refractivity contribution in [3.8, 4) is 10.4 Å². The van der Waals surface area contributed by atoms with Gasteiger partial charge in [-0.05, 0) is 45.6 Å². The van der Waals surface area contributed by atoms with Gasteiger partial charge < -0.3 is 0 Å². The molecule has 0 fully saturated rings. The van der Waals surface area contributed by atoms with Crippen LogP contribution in [-0.4, -0.2) is 8.42 Å². The highest BCUT2D eigenvalue weighted by Crippen LogP contribution is 2.46. The lowest BCUT2D eigenvalue weighted by molar-refractivity contribution is -0.137.